The van der Waals surface area contributed by atoms with Gasteiger partial charge < -0.3 is 23.8 Å². The van der Waals surface area contributed by atoms with Gasteiger partial charge in [0, 0.05) is 24.8 Å². The average molecular weight is 478 g/mol. The Labute approximate surface area is 206 Å². The summed E-state index contributed by atoms with van der Waals surface area (Å²) in [7, 11) is 2.86. The number of rotatable bonds is 11. The second-order valence-corrected chi connectivity index (χ2v) is 7.53. The molecule has 0 fully saturated rings. The van der Waals surface area contributed by atoms with Crippen molar-refractivity contribution in [2.24, 2.45) is 0 Å². The number of esters is 1. The summed E-state index contributed by atoms with van der Waals surface area (Å²) < 4.78 is 21.7. The molecule has 0 aliphatic carbocycles. The molecule has 0 bridgehead atoms. The summed E-state index contributed by atoms with van der Waals surface area (Å²) in [6.07, 6.45) is 5.24. The second kappa shape index (κ2) is 12.6. The number of allylic oxidation sites excluding steroid dienone is 1. The minimum Gasteiger partial charge on any atom is -0.493 e. The molecule has 1 aliphatic rings. The first-order chi connectivity index (χ1) is 17.0. The Balaban J connectivity index is 2.17. The molecule has 7 nitrogen and oxygen atoms in total. The Morgan fingerprint density at radius 3 is 2.09 bits per heavy atom. The number of methoxy groups -OCH3 is 2. The van der Waals surface area contributed by atoms with Crippen LogP contribution in [0, 0.1) is 0 Å². The number of hydrogen-bond acceptors (Lipinski definition) is 6. The first-order valence-electron chi connectivity index (χ1n) is 11.5. The van der Waals surface area contributed by atoms with Gasteiger partial charge in [-0.1, -0.05) is 36.4 Å². The van der Waals surface area contributed by atoms with Gasteiger partial charge in [-0.05, 0) is 44.2 Å². The van der Waals surface area contributed by atoms with Crippen LogP contribution in [-0.4, -0.2) is 57.4 Å². The van der Waals surface area contributed by atoms with Crippen molar-refractivity contribution in [2.45, 2.75) is 13.8 Å². The van der Waals surface area contributed by atoms with Crippen molar-refractivity contribution in [3.8, 4) is 11.5 Å². The molecule has 1 heterocycles. The van der Waals surface area contributed by atoms with E-state index in [-0.39, 0.29) is 23.6 Å². The van der Waals surface area contributed by atoms with Crippen LogP contribution in [0.25, 0.3) is 12.2 Å². The fourth-order valence-electron chi connectivity index (χ4n) is 3.78. The van der Waals surface area contributed by atoms with Crippen molar-refractivity contribution in [1.29, 1.82) is 0 Å². The lowest BCUT2D eigenvalue weighted by Crippen LogP contribution is -2.29. The van der Waals surface area contributed by atoms with Crippen molar-refractivity contribution < 1.29 is 28.5 Å². The van der Waals surface area contributed by atoms with E-state index in [2.05, 4.69) is 0 Å². The summed E-state index contributed by atoms with van der Waals surface area (Å²) in [5.41, 5.74) is 2.37. The summed E-state index contributed by atoms with van der Waals surface area (Å²) >= 11 is 0. The van der Waals surface area contributed by atoms with E-state index >= 15 is 0 Å². The predicted octanol–water partition coefficient (Wildman–Crippen LogP) is 4.50. The van der Waals surface area contributed by atoms with Crippen LogP contribution in [-0.2, 0) is 19.1 Å². The molecule has 3 rings (SSSR count). The van der Waals surface area contributed by atoms with Crippen molar-refractivity contribution in [3.05, 3.63) is 82.6 Å². The fraction of sp³-hybridized carbons (Fsp3) is 0.286. The number of benzene rings is 2. The number of nitrogens with zero attached hydrogens (tertiary/aromatic N) is 1. The molecule has 1 amide bonds. The van der Waals surface area contributed by atoms with Crippen molar-refractivity contribution in [1.82, 2.24) is 4.90 Å². The molecule has 184 valence electrons. The number of para-hydroxylation sites is 2. The number of carbonyl (C=O) groups is 2. The fourth-order valence-corrected chi connectivity index (χ4v) is 3.78. The van der Waals surface area contributed by atoms with Crippen LogP contribution in [0.5, 0.6) is 11.5 Å². The van der Waals surface area contributed by atoms with Gasteiger partial charge in [0.2, 0.25) is 0 Å². The highest BCUT2D eigenvalue weighted by Gasteiger charge is 2.38. The van der Waals surface area contributed by atoms with Crippen LogP contribution in [0.4, 0.5) is 0 Å². The van der Waals surface area contributed by atoms with Crippen molar-refractivity contribution >= 4 is 24.0 Å². The molecule has 7 heteroatoms. The molecule has 0 radical (unpaired) electrons. The van der Waals surface area contributed by atoms with Crippen LogP contribution in [0.3, 0.4) is 0 Å². The second-order valence-electron chi connectivity index (χ2n) is 7.53. The third kappa shape index (κ3) is 6.00. The quantitative estimate of drug-likeness (QED) is 0.351. The van der Waals surface area contributed by atoms with E-state index in [4.69, 9.17) is 18.9 Å². The lowest BCUT2D eigenvalue weighted by Gasteiger charge is -2.18. The molecule has 1 aliphatic heterocycles. The summed E-state index contributed by atoms with van der Waals surface area (Å²) in [6, 6.07) is 14.9. The monoisotopic (exact) mass is 477 g/mol. The lowest BCUT2D eigenvalue weighted by atomic mass is 10.0. The maximum absolute atomic E-state index is 13.6. The van der Waals surface area contributed by atoms with Gasteiger partial charge in [0.05, 0.1) is 43.8 Å². The maximum atomic E-state index is 13.6. The molecule has 0 N–H and O–H groups in total. The SMILES string of the molecule is CCOc1ccccc1/C=C1\C(=O)N(CCOC)C(/C=C/c2ccccc2OCC)=C1C(=O)OC. The maximum Gasteiger partial charge on any atom is 0.340 e. The Bertz CT molecular complexity index is 1150. The van der Waals surface area contributed by atoms with E-state index in [9.17, 15) is 9.59 Å². The first-order valence-corrected chi connectivity index (χ1v) is 11.5. The average Bonchev–Trinajstić information content (AvgIpc) is 3.13. The number of amides is 1. The Hall–Kier alpha value is -3.84. The van der Waals surface area contributed by atoms with Gasteiger partial charge in [-0.3, -0.25) is 4.79 Å². The van der Waals surface area contributed by atoms with Crippen LogP contribution < -0.4 is 9.47 Å². The smallest absolute Gasteiger partial charge is 0.340 e. The Morgan fingerprint density at radius 1 is 0.886 bits per heavy atom. The molecule has 2 aromatic rings. The highest BCUT2D eigenvalue weighted by Crippen LogP contribution is 2.35. The molecule has 35 heavy (non-hydrogen) atoms. The molecule has 0 atom stereocenters. The van der Waals surface area contributed by atoms with Gasteiger partial charge in [-0.25, -0.2) is 4.79 Å². The van der Waals surface area contributed by atoms with E-state index < -0.39 is 5.97 Å². The summed E-state index contributed by atoms with van der Waals surface area (Å²) in [5, 5.41) is 0. The summed E-state index contributed by atoms with van der Waals surface area (Å²) in [4.78, 5) is 28.1. The highest BCUT2D eigenvalue weighted by molar-refractivity contribution is 6.17. The topological polar surface area (TPSA) is 74.3 Å². The molecule has 0 saturated heterocycles. The van der Waals surface area contributed by atoms with Gasteiger partial charge in [-0.2, -0.15) is 0 Å². The summed E-state index contributed by atoms with van der Waals surface area (Å²) in [6.45, 7) is 5.37. The lowest BCUT2D eigenvalue weighted by molar-refractivity contribution is -0.136. The van der Waals surface area contributed by atoms with E-state index in [0.717, 1.165) is 5.56 Å². The Kier molecular flexibility index (Phi) is 9.26. The van der Waals surface area contributed by atoms with Crippen LogP contribution >= 0.6 is 0 Å². The Morgan fingerprint density at radius 2 is 1.49 bits per heavy atom. The minimum absolute atomic E-state index is 0.185. The van der Waals surface area contributed by atoms with Crippen molar-refractivity contribution in [3.63, 3.8) is 0 Å². The molecule has 0 aromatic heterocycles. The van der Waals surface area contributed by atoms with Gasteiger partial charge >= 0.3 is 5.97 Å². The van der Waals surface area contributed by atoms with Crippen LogP contribution in [0.15, 0.2) is 71.5 Å². The third-order valence-corrected chi connectivity index (χ3v) is 5.36. The van der Waals surface area contributed by atoms with Crippen molar-refractivity contribution in [2.75, 3.05) is 40.6 Å². The molecule has 2 aromatic carbocycles. The van der Waals surface area contributed by atoms with E-state index in [0.29, 0.717) is 42.6 Å². The van der Waals surface area contributed by atoms with E-state index in [1.54, 1.807) is 19.3 Å². The molecular formula is C28H31NO6. The zero-order valence-corrected chi connectivity index (χ0v) is 20.6. The zero-order chi connectivity index (χ0) is 25.2. The number of carbonyl (C=O) groups excluding carboxylic acids is 2. The van der Waals surface area contributed by atoms with Gasteiger partial charge in [-0.15, -0.1) is 0 Å². The van der Waals surface area contributed by atoms with E-state index in [1.807, 2.05) is 68.5 Å². The molecule has 0 unspecified atom stereocenters. The van der Waals surface area contributed by atoms with Gasteiger partial charge in [0.15, 0.2) is 0 Å². The van der Waals surface area contributed by atoms with Crippen LogP contribution in [0.2, 0.25) is 0 Å². The largest absolute Gasteiger partial charge is 0.493 e. The molecule has 0 spiro atoms. The third-order valence-electron chi connectivity index (χ3n) is 5.36. The minimum atomic E-state index is -0.601. The number of ether oxygens (including phenoxy) is 4. The standard InChI is InChI=1S/C28H31NO6/c1-5-34-24-13-9-7-11-20(24)15-16-23-26(28(31)33-4)22(27(30)29(23)17-18-32-3)19-21-12-8-10-14-25(21)35-6-2/h7-16,19H,5-6,17-18H2,1-4H3/b16-15+,22-19-. The van der Waals surface area contributed by atoms with Crippen LogP contribution in [0.1, 0.15) is 25.0 Å². The molecule has 0 saturated carbocycles. The number of hydrogen-bond donors (Lipinski definition) is 0. The van der Waals surface area contributed by atoms with Gasteiger partial charge in [0.1, 0.15) is 11.5 Å². The summed E-state index contributed by atoms with van der Waals surface area (Å²) in [5.74, 6) is 0.417. The zero-order valence-electron chi connectivity index (χ0n) is 20.6. The van der Waals surface area contributed by atoms with Gasteiger partial charge in [0.25, 0.3) is 5.91 Å². The predicted molar refractivity (Wildman–Crippen MR) is 135 cm³/mol. The normalized spacial score (nSPS) is 14.8. The first kappa shape index (κ1) is 25.8. The van der Waals surface area contributed by atoms with E-state index in [1.165, 1.54) is 12.0 Å². The highest BCUT2D eigenvalue weighted by atomic mass is 16.5. The molecular weight excluding hydrogens is 446 g/mol.